The van der Waals surface area contributed by atoms with Crippen molar-refractivity contribution in [2.45, 2.75) is 45.1 Å². The first-order valence-corrected chi connectivity index (χ1v) is 10.8. The fourth-order valence-corrected chi connectivity index (χ4v) is 4.45. The molecule has 2 N–H and O–H groups in total. The highest BCUT2D eigenvalue weighted by Crippen LogP contribution is 2.32. The molecule has 0 saturated carbocycles. The molecule has 0 unspecified atom stereocenters. The summed E-state index contributed by atoms with van der Waals surface area (Å²) >= 11 is 0. The van der Waals surface area contributed by atoms with Crippen LogP contribution in [0.25, 0.3) is 0 Å². The van der Waals surface area contributed by atoms with Gasteiger partial charge in [0.05, 0.1) is 5.56 Å². The van der Waals surface area contributed by atoms with E-state index in [9.17, 15) is 37.1 Å². The molecular weight excluding hydrogens is 460 g/mol. The predicted octanol–water partition coefficient (Wildman–Crippen LogP) is 2.57. The highest BCUT2D eigenvalue weighted by molar-refractivity contribution is 5.99. The van der Waals surface area contributed by atoms with Crippen LogP contribution in [0.4, 0.5) is 17.6 Å². The summed E-state index contributed by atoms with van der Waals surface area (Å²) in [7, 11) is 0. The number of halogens is 4. The maximum absolute atomic E-state index is 14.3. The lowest BCUT2D eigenvalue weighted by atomic mass is 10.1. The standard InChI is InChI=1S/C22H22F4N4O4/c1-2-28-15-8-3-4-9-29(15)30-11-13(18(31)19(32)17(30)21(28)34)20(33)27-10-12-6-5-7-14(16(12)23)22(24,25)26/h5-7,11,15,32H,2-4,8-10H2,1H3,(H,27,33)/t15-/m0/s1. The molecule has 3 heterocycles. The molecule has 0 aliphatic carbocycles. The van der Waals surface area contributed by atoms with Crippen molar-refractivity contribution in [3.8, 4) is 5.75 Å². The van der Waals surface area contributed by atoms with Crippen LogP contribution >= 0.6 is 0 Å². The van der Waals surface area contributed by atoms with Crippen molar-refractivity contribution < 1.29 is 32.3 Å². The van der Waals surface area contributed by atoms with Crippen molar-refractivity contribution in [2.75, 3.05) is 18.1 Å². The molecule has 182 valence electrons. The van der Waals surface area contributed by atoms with Gasteiger partial charge in [-0.05, 0) is 32.3 Å². The Morgan fingerprint density at radius 3 is 2.65 bits per heavy atom. The Balaban J connectivity index is 1.67. The number of alkyl halides is 3. The number of amides is 2. The molecule has 2 aliphatic heterocycles. The van der Waals surface area contributed by atoms with Crippen molar-refractivity contribution in [2.24, 2.45) is 0 Å². The first kappa shape index (κ1) is 23.6. The van der Waals surface area contributed by atoms with Crippen molar-refractivity contribution in [1.29, 1.82) is 0 Å². The van der Waals surface area contributed by atoms with E-state index in [4.69, 9.17) is 0 Å². The molecule has 0 radical (unpaired) electrons. The Hall–Kier alpha value is -3.57. The molecule has 1 fully saturated rings. The second-order valence-electron chi connectivity index (χ2n) is 8.10. The van der Waals surface area contributed by atoms with Crippen LogP contribution in [0, 0.1) is 5.82 Å². The van der Waals surface area contributed by atoms with Crippen LogP contribution in [0.2, 0.25) is 0 Å². The SMILES string of the molecule is CCN1C(=O)c2c(O)c(=O)c(C(=O)NCc3cccc(C(F)(F)F)c3F)cn2N2CCCC[C@@H]12. The lowest BCUT2D eigenvalue weighted by molar-refractivity contribution is -0.140. The number of benzene rings is 1. The molecule has 1 aromatic carbocycles. The smallest absolute Gasteiger partial charge is 0.419 e. The Labute approximate surface area is 191 Å². The normalized spacial score (nSPS) is 17.9. The van der Waals surface area contributed by atoms with Crippen molar-refractivity contribution in [3.63, 3.8) is 0 Å². The summed E-state index contributed by atoms with van der Waals surface area (Å²) in [5.74, 6) is -3.99. The Morgan fingerprint density at radius 2 is 1.97 bits per heavy atom. The van der Waals surface area contributed by atoms with E-state index in [1.807, 2.05) is 0 Å². The maximum Gasteiger partial charge on any atom is 0.419 e. The third-order valence-corrected chi connectivity index (χ3v) is 6.12. The summed E-state index contributed by atoms with van der Waals surface area (Å²) in [6.07, 6.45) is -1.73. The molecule has 8 nitrogen and oxygen atoms in total. The number of rotatable bonds is 4. The molecule has 0 spiro atoms. The van der Waals surface area contributed by atoms with E-state index in [1.54, 1.807) is 16.8 Å². The van der Waals surface area contributed by atoms with Gasteiger partial charge in [-0.15, -0.1) is 0 Å². The molecule has 1 atom stereocenters. The fourth-order valence-electron chi connectivity index (χ4n) is 4.45. The van der Waals surface area contributed by atoms with Gasteiger partial charge >= 0.3 is 6.18 Å². The van der Waals surface area contributed by atoms with E-state index in [2.05, 4.69) is 5.32 Å². The number of pyridine rings is 1. The lowest BCUT2D eigenvalue weighted by Crippen LogP contribution is -2.63. The average Bonchev–Trinajstić information content (AvgIpc) is 2.79. The summed E-state index contributed by atoms with van der Waals surface area (Å²) < 4.78 is 54.4. The number of aromatic hydroxyl groups is 1. The molecule has 1 aromatic heterocycles. The van der Waals surface area contributed by atoms with Crippen LogP contribution in [-0.4, -0.2) is 45.8 Å². The molecule has 2 amide bonds. The van der Waals surface area contributed by atoms with Gasteiger partial charge in [0.25, 0.3) is 11.8 Å². The predicted molar refractivity (Wildman–Crippen MR) is 112 cm³/mol. The van der Waals surface area contributed by atoms with Gasteiger partial charge in [-0.1, -0.05) is 12.1 Å². The number of nitrogens with one attached hydrogen (secondary N) is 1. The van der Waals surface area contributed by atoms with Gasteiger partial charge < -0.3 is 15.3 Å². The summed E-state index contributed by atoms with van der Waals surface area (Å²) in [5, 5.41) is 14.5. The van der Waals surface area contributed by atoms with Crippen molar-refractivity contribution in [1.82, 2.24) is 14.9 Å². The number of hydrogen-bond acceptors (Lipinski definition) is 5. The molecule has 34 heavy (non-hydrogen) atoms. The van der Waals surface area contributed by atoms with Crippen LogP contribution in [0.5, 0.6) is 5.75 Å². The van der Waals surface area contributed by atoms with Gasteiger partial charge in [-0.2, -0.15) is 13.2 Å². The van der Waals surface area contributed by atoms with Crippen molar-refractivity contribution in [3.05, 3.63) is 62.8 Å². The summed E-state index contributed by atoms with van der Waals surface area (Å²) in [4.78, 5) is 40.0. The Bertz CT molecular complexity index is 1210. The molecule has 1 saturated heterocycles. The molecular formula is C22H22F4N4O4. The number of nitrogens with zero attached hydrogens (tertiary/aromatic N) is 3. The second-order valence-corrected chi connectivity index (χ2v) is 8.10. The average molecular weight is 482 g/mol. The number of aromatic nitrogens is 1. The zero-order chi connectivity index (χ0) is 24.8. The molecule has 12 heteroatoms. The van der Waals surface area contributed by atoms with E-state index in [-0.39, 0.29) is 11.9 Å². The first-order valence-electron chi connectivity index (χ1n) is 10.8. The monoisotopic (exact) mass is 482 g/mol. The van der Waals surface area contributed by atoms with Gasteiger partial charge in [-0.25, -0.2) is 4.39 Å². The summed E-state index contributed by atoms with van der Waals surface area (Å²) in [6.45, 7) is 2.04. The summed E-state index contributed by atoms with van der Waals surface area (Å²) in [6, 6.07) is 2.67. The first-order chi connectivity index (χ1) is 16.1. The van der Waals surface area contributed by atoms with E-state index in [1.165, 1.54) is 4.68 Å². The van der Waals surface area contributed by atoms with Gasteiger partial charge in [0.15, 0.2) is 11.4 Å². The largest absolute Gasteiger partial charge is 0.502 e. The zero-order valence-corrected chi connectivity index (χ0v) is 18.2. The fraction of sp³-hybridized carbons (Fsp3) is 0.409. The van der Waals surface area contributed by atoms with E-state index < -0.39 is 58.2 Å². The van der Waals surface area contributed by atoms with Crippen molar-refractivity contribution >= 4 is 11.8 Å². The maximum atomic E-state index is 14.3. The van der Waals surface area contributed by atoms with Gasteiger partial charge in [0.2, 0.25) is 5.43 Å². The quantitative estimate of drug-likeness (QED) is 0.654. The minimum absolute atomic E-state index is 0.259. The van der Waals surface area contributed by atoms with Crippen LogP contribution in [-0.2, 0) is 12.7 Å². The van der Waals surface area contributed by atoms with Gasteiger partial charge in [-0.3, -0.25) is 24.1 Å². The third kappa shape index (κ3) is 3.86. The number of carbonyl (C=O) groups is 2. The van der Waals surface area contributed by atoms with E-state index in [0.717, 1.165) is 31.2 Å². The minimum atomic E-state index is -4.91. The molecule has 2 aromatic rings. The Kier molecular flexibility index (Phi) is 6.00. The lowest BCUT2D eigenvalue weighted by Gasteiger charge is -2.48. The Morgan fingerprint density at radius 1 is 1.24 bits per heavy atom. The van der Waals surface area contributed by atoms with Gasteiger partial charge in [0.1, 0.15) is 17.5 Å². The molecule has 2 aliphatic rings. The topological polar surface area (TPSA) is 94.9 Å². The molecule has 4 rings (SSSR count). The number of carbonyl (C=O) groups excluding carboxylic acids is 2. The third-order valence-electron chi connectivity index (χ3n) is 6.12. The number of fused-ring (bicyclic) bond motifs is 3. The van der Waals surface area contributed by atoms with Gasteiger partial charge in [0, 0.05) is 31.4 Å². The zero-order valence-electron chi connectivity index (χ0n) is 18.2. The highest BCUT2D eigenvalue weighted by atomic mass is 19.4. The van der Waals surface area contributed by atoms with Crippen LogP contribution in [0.3, 0.4) is 0 Å². The van der Waals surface area contributed by atoms with Crippen LogP contribution in [0.1, 0.15) is 58.2 Å². The number of piperidine rings is 1. The highest BCUT2D eigenvalue weighted by Gasteiger charge is 2.41. The van der Waals surface area contributed by atoms with Crippen LogP contribution < -0.4 is 15.8 Å². The summed E-state index contributed by atoms with van der Waals surface area (Å²) in [5.41, 5.74) is -3.77. The van der Waals surface area contributed by atoms with Crippen LogP contribution in [0.15, 0.2) is 29.2 Å². The van der Waals surface area contributed by atoms with E-state index >= 15 is 0 Å². The minimum Gasteiger partial charge on any atom is -0.502 e. The number of hydrogen-bond donors (Lipinski definition) is 2. The second kappa shape index (κ2) is 8.65. The van der Waals surface area contributed by atoms with E-state index in [0.29, 0.717) is 25.6 Å². The molecule has 0 bridgehead atoms.